The average Bonchev–Trinajstić information content (AvgIpc) is 2.28. The number of amides is 1. The maximum Gasteiger partial charge on any atom is 0.255 e. The maximum absolute atomic E-state index is 12.2. The fourth-order valence-corrected chi connectivity index (χ4v) is 3.19. The summed E-state index contributed by atoms with van der Waals surface area (Å²) >= 11 is 6.75. The molecule has 0 spiro atoms. The average molecular weight is 363 g/mol. The zero-order valence-corrected chi connectivity index (χ0v) is 12.4. The van der Waals surface area contributed by atoms with Crippen LogP contribution in [0.2, 0.25) is 0 Å². The van der Waals surface area contributed by atoms with E-state index in [1.807, 2.05) is 12.1 Å². The summed E-state index contributed by atoms with van der Waals surface area (Å²) in [5.41, 5.74) is 0.641. The van der Waals surface area contributed by atoms with Crippen LogP contribution in [0, 0.1) is 0 Å². The van der Waals surface area contributed by atoms with Crippen LogP contribution in [0.4, 0.5) is 0 Å². The molecule has 0 bridgehead atoms. The highest BCUT2D eigenvalue weighted by atomic mass is 79.9. The van der Waals surface area contributed by atoms with Crippen molar-refractivity contribution >= 4 is 37.8 Å². The molecule has 1 saturated heterocycles. The Labute approximate surface area is 117 Å². The van der Waals surface area contributed by atoms with E-state index in [2.05, 4.69) is 31.9 Å². The molecular weight excluding hydrogens is 350 g/mol. The molecule has 92 valence electrons. The molecule has 1 amide bonds. The lowest BCUT2D eigenvalue weighted by Gasteiger charge is -2.30. The third-order valence-electron chi connectivity index (χ3n) is 2.85. The Bertz CT molecular complexity index is 437. The zero-order chi connectivity index (χ0) is 12.4. The first-order valence-electron chi connectivity index (χ1n) is 5.50. The van der Waals surface area contributed by atoms with E-state index in [0.717, 1.165) is 28.3 Å². The minimum atomic E-state index is -0.387. The molecule has 3 nitrogen and oxygen atoms in total. The largest absolute Gasteiger partial charge is 0.391 e. The molecule has 17 heavy (non-hydrogen) atoms. The van der Waals surface area contributed by atoms with Crippen molar-refractivity contribution in [2.75, 3.05) is 13.1 Å². The second-order valence-electron chi connectivity index (χ2n) is 4.17. The van der Waals surface area contributed by atoms with Crippen molar-refractivity contribution in [3.63, 3.8) is 0 Å². The Balaban J connectivity index is 2.18. The van der Waals surface area contributed by atoms with Crippen LogP contribution in [0.1, 0.15) is 23.2 Å². The SMILES string of the molecule is O=C(c1ccc(Br)cc1Br)N1CCCC(O)C1. The molecule has 2 rings (SSSR count). The third-order valence-corrected chi connectivity index (χ3v) is 3.99. The van der Waals surface area contributed by atoms with Gasteiger partial charge in [0.15, 0.2) is 0 Å². The molecule has 0 radical (unpaired) electrons. The van der Waals surface area contributed by atoms with Gasteiger partial charge in [-0.15, -0.1) is 0 Å². The molecular formula is C12H13Br2NO2. The Morgan fingerprint density at radius 1 is 1.41 bits per heavy atom. The van der Waals surface area contributed by atoms with Gasteiger partial charge in [-0.2, -0.15) is 0 Å². The Morgan fingerprint density at radius 2 is 2.18 bits per heavy atom. The van der Waals surface area contributed by atoms with Crippen molar-refractivity contribution < 1.29 is 9.90 Å². The van der Waals surface area contributed by atoms with Crippen LogP contribution in [-0.4, -0.2) is 35.1 Å². The van der Waals surface area contributed by atoms with Crippen molar-refractivity contribution in [3.05, 3.63) is 32.7 Å². The molecule has 1 aliphatic rings. The van der Waals surface area contributed by atoms with E-state index in [0.29, 0.717) is 12.1 Å². The van der Waals surface area contributed by atoms with Crippen LogP contribution in [-0.2, 0) is 0 Å². The third kappa shape index (κ3) is 3.09. The van der Waals surface area contributed by atoms with Gasteiger partial charge in [0, 0.05) is 22.0 Å². The summed E-state index contributed by atoms with van der Waals surface area (Å²) < 4.78 is 1.71. The first kappa shape index (κ1) is 13.1. The number of piperidine rings is 1. The molecule has 1 heterocycles. The lowest BCUT2D eigenvalue weighted by Crippen LogP contribution is -2.42. The van der Waals surface area contributed by atoms with Crippen molar-refractivity contribution in [2.24, 2.45) is 0 Å². The van der Waals surface area contributed by atoms with E-state index in [1.54, 1.807) is 11.0 Å². The van der Waals surface area contributed by atoms with Crippen LogP contribution >= 0.6 is 31.9 Å². The first-order valence-corrected chi connectivity index (χ1v) is 7.09. The lowest BCUT2D eigenvalue weighted by atomic mass is 10.1. The molecule has 1 aromatic rings. The summed E-state index contributed by atoms with van der Waals surface area (Å²) in [6.45, 7) is 1.15. The number of nitrogens with zero attached hydrogens (tertiary/aromatic N) is 1. The van der Waals surface area contributed by atoms with Crippen molar-refractivity contribution in [2.45, 2.75) is 18.9 Å². The monoisotopic (exact) mass is 361 g/mol. The minimum absolute atomic E-state index is 0.0249. The van der Waals surface area contributed by atoms with Gasteiger partial charge in [-0.05, 0) is 47.0 Å². The number of hydrogen-bond donors (Lipinski definition) is 1. The van der Waals surface area contributed by atoms with Crippen LogP contribution < -0.4 is 0 Å². The van der Waals surface area contributed by atoms with E-state index >= 15 is 0 Å². The quantitative estimate of drug-likeness (QED) is 0.834. The van der Waals surface area contributed by atoms with Crippen molar-refractivity contribution in [3.8, 4) is 0 Å². The topological polar surface area (TPSA) is 40.5 Å². The molecule has 1 aromatic carbocycles. The number of hydrogen-bond acceptors (Lipinski definition) is 2. The number of benzene rings is 1. The number of rotatable bonds is 1. The fourth-order valence-electron chi connectivity index (χ4n) is 1.97. The minimum Gasteiger partial charge on any atom is -0.391 e. The standard InChI is InChI=1S/C12H13Br2NO2/c13-8-3-4-10(11(14)6-8)12(17)15-5-1-2-9(16)7-15/h3-4,6,9,16H,1-2,5,7H2. The number of carbonyl (C=O) groups excluding carboxylic acids is 1. The van der Waals surface area contributed by atoms with Gasteiger partial charge in [0.2, 0.25) is 0 Å². The highest BCUT2D eigenvalue weighted by Crippen LogP contribution is 2.24. The Hall–Kier alpha value is -0.390. The molecule has 0 saturated carbocycles. The van der Waals surface area contributed by atoms with E-state index < -0.39 is 0 Å². The normalized spacial score (nSPS) is 20.4. The summed E-state index contributed by atoms with van der Waals surface area (Å²) in [5.74, 6) is -0.0249. The lowest BCUT2D eigenvalue weighted by molar-refractivity contribution is 0.0473. The van der Waals surface area contributed by atoms with Gasteiger partial charge in [-0.1, -0.05) is 15.9 Å². The highest BCUT2D eigenvalue weighted by Gasteiger charge is 2.24. The van der Waals surface area contributed by atoms with E-state index in [4.69, 9.17) is 0 Å². The number of β-amino-alcohol motifs (C(OH)–C–C–N with tert-alkyl or cyclic N) is 1. The molecule has 1 aliphatic heterocycles. The number of likely N-dealkylation sites (tertiary alicyclic amines) is 1. The summed E-state index contributed by atoms with van der Waals surface area (Å²) in [6, 6.07) is 5.49. The molecule has 1 fully saturated rings. The Morgan fingerprint density at radius 3 is 2.82 bits per heavy atom. The summed E-state index contributed by atoms with van der Waals surface area (Å²) in [4.78, 5) is 14.0. The number of aliphatic hydroxyl groups is 1. The summed E-state index contributed by atoms with van der Waals surface area (Å²) in [6.07, 6.45) is 1.26. The number of aliphatic hydroxyl groups excluding tert-OH is 1. The summed E-state index contributed by atoms with van der Waals surface area (Å²) in [5, 5.41) is 9.58. The van der Waals surface area contributed by atoms with Gasteiger partial charge in [0.25, 0.3) is 5.91 Å². The van der Waals surface area contributed by atoms with Gasteiger partial charge in [-0.25, -0.2) is 0 Å². The van der Waals surface area contributed by atoms with Gasteiger partial charge >= 0.3 is 0 Å². The smallest absolute Gasteiger partial charge is 0.255 e. The molecule has 1 N–H and O–H groups in total. The molecule has 5 heteroatoms. The van der Waals surface area contributed by atoms with Crippen LogP contribution in [0.5, 0.6) is 0 Å². The predicted molar refractivity (Wildman–Crippen MR) is 73.0 cm³/mol. The van der Waals surface area contributed by atoms with E-state index in [-0.39, 0.29) is 12.0 Å². The van der Waals surface area contributed by atoms with Crippen LogP contribution in [0.25, 0.3) is 0 Å². The van der Waals surface area contributed by atoms with Crippen LogP contribution in [0.15, 0.2) is 27.1 Å². The van der Waals surface area contributed by atoms with E-state index in [9.17, 15) is 9.90 Å². The fraction of sp³-hybridized carbons (Fsp3) is 0.417. The zero-order valence-electron chi connectivity index (χ0n) is 9.20. The second kappa shape index (κ2) is 5.50. The van der Waals surface area contributed by atoms with Gasteiger partial charge in [0.1, 0.15) is 0 Å². The Kier molecular flexibility index (Phi) is 4.22. The summed E-state index contributed by atoms with van der Waals surface area (Å²) in [7, 11) is 0. The van der Waals surface area contributed by atoms with Crippen molar-refractivity contribution in [1.82, 2.24) is 4.90 Å². The maximum atomic E-state index is 12.2. The highest BCUT2D eigenvalue weighted by molar-refractivity contribution is 9.11. The number of halogens is 2. The van der Waals surface area contributed by atoms with Gasteiger partial charge in [0.05, 0.1) is 11.7 Å². The second-order valence-corrected chi connectivity index (χ2v) is 5.94. The van der Waals surface area contributed by atoms with E-state index in [1.165, 1.54) is 0 Å². The number of carbonyl (C=O) groups is 1. The first-order chi connectivity index (χ1) is 8.08. The van der Waals surface area contributed by atoms with Crippen LogP contribution in [0.3, 0.4) is 0 Å². The van der Waals surface area contributed by atoms with Crippen molar-refractivity contribution in [1.29, 1.82) is 0 Å². The van der Waals surface area contributed by atoms with Gasteiger partial charge in [-0.3, -0.25) is 4.79 Å². The molecule has 1 atom stereocenters. The molecule has 1 unspecified atom stereocenters. The van der Waals surface area contributed by atoms with Gasteiger partial charge < -0.3 is 10.0 Å². The predicted octanol–water partition coefficient (Wildman–Crippen LogP) is 2.81. The molecule has 0 aliphatic carbocycles. The molecule has 0 aromatic heterocycles.